The molecule has 7 heteroatoms. The Labute approximate surface area is 151 Å². The number of nitrogens with two attached hydrogens (primary N) is 1. The number of hydrogen-bond acceptors (Lipinski definition) is 4. The maximum atomic E-state index is 12.9. The molecule has 136 valence electrons. The highest BCUT2D eigenvalue weighted by molar-refractivity contribution is 5.95. The molecule has 0 bridgehead atoms. The molecule has 0 saturated carbocycles. The van der Waals surface area contributed by atoms with E-state index in [0.717, 1.165) is 5.56 Å². The fourth-order valence-corrected chi connectivity index (χ4v) is 4.03. The summed E-state index contributed by atoms with van der Waals surface area (Å²) in [5.41, 5.74) is 6.76. The van der Waals surface area contributed by atoms with Crippen LogP contribution in [0.1, 0.15) is 22.3 Å². The Balaban J connectivity index is 1.48. The molecule has 2 atom stereocenters. The Kier molecular flexibility index (Phi) is 4.24. The third-order valence-corrected chi connectivity index (χ3v) is 5.61. The highest BCUT2D eigenvalue weighted by Gasteiger charge is 2.53. The summed E-state index contributed by atoms with van der Waals surface area (Å²) >= 11 is 0. The van der Waals surface area contributed by atoms with Gasteiger partial charge < -0.3 is 19.9 Å². The largest absolute Gasteiger partial charge is 0.381 e. The predicted octanol–water partition coefficient (Wildman–Crippen LogP) is 0.895. The summed E-state index contributed by atoms with van der Waals surface area (Å²) in [6, 6.07) is 7.57. The van der Waals surface area contributed by atoms with Crippen LogP contribution in [-0.2, 0) is 16.1 Å². The van der Waals surface area contributed by atoms with Crippen molar-refractivity contribution in [3.8, 4) is 0 Å². The first-order valence-corrected chi connectivity index (χ1v) is 8.80. The number of rotatable bonds is 4. The fourth-order valence-electron chi connectivity index (χ4n) is 4.03. The Bertz CT molecular complexity index is 803. The number of benzene rings is 1. The number of carbonyl (C=O) groups is 2. The van der Waals surface area contributed by atoms with Crippen LogP contribution in [-0.4, -0.2) is 52.6 Å². The number of imidazole rings is 1. The van der Waals surface area contributed by atoms with Crippen molar-refractivity contribution < 1.29 is 14.3 Å². The molecule has 2 aliphatic heterocycles. The SMILES string of the molecule is NC(=O)[C@]12CCOC[C@H]1CN(C(=O)c1ccc(Cn3ccnc3)cc1)C2. The summed E-state index contributed by atoms with van der Waals surface area (Å²) in [5.74, 6) is -0.399. The maximum absolute atomic E-state index is 12.9. The Hall–Kier alpha value is -2.67. The smallest absolute Gasteiger partial charge is 0.253 e. The van der Waals surface area contributed by atoms with Gasteiger partial charge in [-0.3, -0.25) is 9.59 Å². The van der Waals surface area contributed by atoms with Crippen molar-refractivity contribution in [3.05, 3.63) is 54.1 Å². The molecule has 26 heavy (non-hydrogen) atoms. The number of amides is 2. The van der Waals surface area contributed by atoms with E-state index in [1.165, 1.54) is 0 Å². The van der Waals surface area contributed by atoms with E-state index in [1.807, 2.05) is 35.0 Å². The summed E-state index contributed by atoms with van der Waals surface area (Å²) in [4.78, 5) is 30.8. The van der Waals surface area contributed by atoms with E-state index in [-0.39, 0.29) is 17.7 Å². The monoisotopic (exact) mass is 354 g/mol. The average molecular weight is 354 g/mol. The number of fused-ring (bicyclic) bond motifs is 1. The van der Waals surface area contributed by atoms with Crippen molar-refractivity contribution in [2.75, 3.05) is 26.3 Å². The van der Waals surface area contributed by atoms with E-state index in [4.69, 9.17) is 10.5 Å². The average Bonchev–Trinajstić information content (AvgIpc) is 3.29. The molecular formula is C19H22N4O3. The molecule has 1 aromatic carbocycles. The number of hydrogen-bond donors (Lipinski definition) is 1. The van der Waals surface area contributed by atoms with Crippen molar-refractivity contribution in [2.24, 2.45) is 17.1 Å². The lowest BCUT2D eigenvalue weighted by Crippen LogP contribution is -2.48. The lowest BCUT2D eigenvalue weighted by molar-refractivity contribution is -0.135. The Morgan fingerprint density at radius 2 is 2.12 bits per heavy atom. The number of aromatic nitrogens is 2. The summed E-state index contributed by atoms with van der Waals surface area (Å²) in [7, 11) is 0. The van der Waals surface area contributed by atoms with Gasteiger partial charge in [0.25, 0.3) is 5.91 Å². The van der Waals surface area contributed by atoms with Crippen LogP contribution in [0.15, 0.2) is 43.0 Å². The summed E-state index contributed by atoms with van der Waals surface area (Å²) in [6.07, 6.45) is 5.98. The number of primary amides is 1. The molecule has 2 saturated heterocycles. The standard InChI is InChI=1S/C19H22N4O3/c20-18(25)19-5-8-26-11-16(19)10-23(12-19)17(24)15-3-1-14(2-4-15)9-22-7-6-21-13-22/h1-4,6-7,13,16H,5,8-12H2,(H2,20,25)/t16-,19+/m1/s1. The van der Waals surface area contributed by atoms with Gasteiger partial charge in [0.05, 0.1) is 18.3 Å². The molecule has 1 aromatic heterocycles. The van der Waals surface area contributed by atoms with Crippen LogP contribution < -0.4 is 5.73 Å². The first-order chi connectivity index (χ1) is 12.6. The van der Waals surface area contributed by atoms with Gasteiger partial charge in [-0.1, -0.05) is 12.1 Å². The molecule has 0 radical (unpaired) electrons. The van der Waals surface area contributed by atoms with E-state index in [9.17, 15) is 9.59 Å². The molecule has 2 aromatic rings. The van der Waals surface area contributed by atoms with Crippen molar-refractivity contribution in [3.63, 3.8) is 0 Å². The van der Waals surface area contributed by atoms with Gasteiger partial charge in [0.15, 0.2) is 0 Å². The third-order valence-electron chi connectivity index (χ3n) is 5.61. The lowest BCUT2D eigenvalue weighted by atomic mass is 9.74. The quantitative estimate of drug-likeness (QED) is 0.883. The van der Waals surface area contributed by atoms with Crippen LogP contribution in [0.3, 0.4) is 0 Å². The number of nitrogens with zero attached hydrogens (tertiary/aromatic N) is 3. The van der Waals surface area contributed by atoms with Gasteiger partial charge in [-0.2, -0.15) is 0 Å². The molecule has 3 heterocycles. The Morgan fingerprint density at radius 3 is 2.77 bits per heavy atom. The van der Waals surface area contributed by atoms with E-state index < -0.39 is 5.41 Å². The van der Waals surface area contributed by atoms with Crippen molar-refractivity contribution in [1.82, 2.24) is 14.5 Å². The molecule has 0 aliphatic carbocycles. The first-order valence-electron chi connectivity index (χ1n) is 8.80. The Morgan fingerprint density at radius 1 is 1.31 bits per heavy atom. The van der Waals surface area contributed by atoms with Gasteiger partial charge in [-0.25, -0.2) is 4.98 Å². The predicted molar refractivity (Wildman–Crippen MR) is 94.2 cm³/mol. The molecule has 7 nitrogen and oxygen atoms in total. The molecular weight excluding hydrogens is 332 g/mol. The molecule has 0 unspecified atom stereocenters. The van der Waals surface area contributed by atoms with Crippen LogP contribution in [0.2, 0.25) is 0 Å². The van der Waals surface area contributed by atoms with Gasteiger partial charge in [-0.15, -0.1) is 0 Å². The number of carbonyl (C=O) groups excluding carboxylic acids is 2. The molecule has 2 amide bonds. The molecule has 2 aliphatic rings. The minimum Gasteiger partial charge on any atom is -0.381 e. The molecule has 2 N–H and O–H groups in total. The molecule has 2 fully saturated rings. The zero-order valence-electron chi connectivity index (χ0n) is 14.5. The van der Waals surface area contributed by atoms with E-state index in [0.29, 0.717) is 44.8 Å². The van der Waals surface area contributed by atoms with Crippen LogP contribution >= 0.6 is 0 Å². The second-order valence-electron chi connectivity index (χ2n) is 7.16. The first kappa shape index (κ1) is 16.8. The normalized spacial score (nSPS) is 25.1. The maximum Gasteiger partial charge on any atom is 0.253 e. The zero-order valence-corrected chi connectivity index (χ0v) is 14.5. The molecule has 4 rings (SSSR count). The second-order valence-corrected chi connectivity index (χ2v) is 7.16. The second kappa shape index (κ2) is 6.57. The van der Waals surface area contributed by atoms with Crippen molar-refractivity contribution in [1.29, 1.82) is 0 Å². The topological polar surface area (TPSA) is 90.5 Å². The van der Waals surface area contributed by atoms with Gasteiger partial charge in [0.2, 0.25) is 5.91 Å². The summed E-state index contributed by atoms with van der Waals surface area (Å²) in [5, 5.41) is 0. The fraction of sp³-hybridized carbons (Fsp3) is 0.421. The van der Waals surface area contributed by atoms with E-state index in [1.54, 1.807) is 17.4 Å². The number of likely N-dealkylation sites (tertiary alicyclic amines) is 1. The van der Waals surface area contributed by atoms with Gasteiger partial charge in [-0.05, 0) is 24.1 Å². The summed E-state index contributed by atoms with van der Waals surface area (Å²) in [6.45, 7) is 2.61. The van der Waals surface area contributed by atoms with Gasteiger partial charge in [0.1, 0.15) is 0 Å². The minimum absolute atomic E-state index is 0.0155. The van der Waals surface area contributed by atoms with E-state index >= 15 is 0 Å². The highest BCUT2D eigenvalue weighted by atomic mass is 16.5. The zero-order chi connectivity index (χ0) is 18.1. The highest BCUT2D eigenvalue weighted by Crippen LogP contribution is 2.42. The summed E-state index contributed by atoms with van der Waals surface area (Å²) < 4.78 is 7.48. The van der Waals surface area contributed by atoms with Crippen LogP contribution in [0, 0.1) is 11.3 Å². The lowest BCUT2D eigenvalue weighted by Gasteiger charge is -2.34. The van der Waals surface area contributed by atoms with Crippen LogP contribution in [0.4, 0.5) is 0 Å². The van der Waals surface area contributed by atoms with Crippen molar-refractivity contribution >= 4 is 11.8 Å². The van der Waals surface area contributed by atoms with Crippen LogP contribution in [0.5, 0.6) is 0 Å². The van der Waals surface area contributed by atoms with Crippen LogP contribution in [0.25, 0.3) is 0 Å². The number of ether oxygens (including phenoxy) is 1. The van der Waals surface area contributed by atoms with Crippen molar-refractivity contribution in [2.45, 2.75) is 13.0 Å². The minimum atomic E-state index is -0.644. The molecule has 0 spiro atoms. The van der Waals surface area contributed by atoms with E-state index in [2.05, 4.69) is 4.98 Å². The van der Waals surface area contributed by atoms with Gasteiger partial charge in [0, 0.05) is 50.1 Å². The van der Waals surface area contributed by atoms with Gasteiger partial charge >= 0.3 is 0 Å². The third kappa shape index (κ3) is 2.88.